The van der Waals surface area contributed by atoms with E-state index < -0.39 is 16.5 Å². The Morgan fingerprint density at radius 2 is 2.33 bits per heavy atom. The zero-order valence-corrected chi connectivity index (χ0v) is 7.09. The Kier molecular flexibility index (Phi) is 2.51. The van der Waals surface area contributed by atoms with E-state index in [1.807, 2.05) is 0 Å². The fourth-order valence-electron chi connectivity index (χ4n) is 0.519. The molecule has 64 valence electrons. The van der Waals surface area contributed by atoms with E-state index in [1.54, 1.807) is 0 Å². The monoisotopic (exact) mass is 206 g/mol. The molecule has 0 aliphatic rings. The lowest BCUT2D eigenvalue weighted by molar-refractivity contribution is 0.0692. The second-order valence-corrected chi connectivity index (χ2v) is 3.07. The van der Waals surface area contributed by atoms with Gasteiger partial charge in [-0.2, -0.15) is 8.42 Å². The third-order valence-electron chi connectivity index (χ3n) is 0.909. The maximum atomic E-state index is 10.3. The Balaban J connectivity index is 3.26. The van der Waals surface area contributed by atoms with E-state index in [0.717, 1.165) is 11.3 Å². The number of carbonyl (C=O) groups is 1. The molecule has 0 bridgehead atoms. The summed E-state index contributed by atoms with van der Waals surface area (Å²) >= 11 is 0.855. The molecule has 1 rings (SSSR count). The van der Waals surface area contributed by atoms with Crippen molar-refractivity contribution in [3.05, 3.63) is 11.2 Å². The van der Waals surface area contributed by atoms with Crippen LogP contribution in [0.1, 0.15) is 10.5 Å². The predicted molar refractivity (Wildman–Crippen MR) is 40.1 cm³/mol. The summed E-state index contributed by atoms with van der Waals surface area (Å²) in [6, 6.07) is 0. The van der Waals surface area contributed by atoms with Gasteiger partial charge in [0.1, 0.15) is 0 Å². The molecule has 0 aliphatic heterocycles. The third kappa shape index (κ3) is 1.86. The highest BCUT2D eigenvalue weighted by atomic mass is 32.2. The molecule has 0 fully saturated rings. The van der Waals surface area contributed by atoms with E-state index in [4.69, 9.17) is 5.11 Å². The topological polar surface area (TPSA) is 96.7 Å². The Morgan fingerprint density at radius 1 is 1.67 bits per heavy atom. The zero-order chi connectivity index (χ0) is 9.14. The van der Waals surface area contributed by atoms with Crippen LogP contribution < -0.4 is 0 Å². The van der Waals surface area contributed by atoms with Crippen LogP contribution in [0.25, 0.3) is 0 Å². The molecule has 0 saturated carbocycles. The van der Waals surface area contributed by atoms with Gasteiger partial charge in [-0.1, -0.05) is 0 Å². The van der Waals surface area contributed by atoms with Gasteiger partial charge in [0.05, 0.1) is 5.51 Å². The summed E-state index contributed by atoms with van der Waals surface area (Å²) < 4.78 is 23.2. The number of carboxylic acids is 1. The van der Waals surface area contributed by atoms with Crippen LogP contribution in [0.2, 0.25) is 0 Å². The van der Waals surface area contributed by atoms with Gasteiger partial charge in [-0.05, 0) is 0 Å². The van der Waals surface area contributed by atoms with Crippen molar-refractivity contribution in [1.29, 1.82) is 0 Å². The van der Waals surface area contributed by atoms with Crippen molar-refractivity contribution in [2.45, 2.75) is 0 Å². The van der Waals surface area contributed by atoms with E-state index in [-0.39, 0.29) is 10.7 Å². The van der Waals surface area contributed by atoms with Crippen LogP contribution in [0, 0.1) is 0 Å². The minimum absolute atomic E-state index is 0.115. The third-order valence-corrected chi connectivity index (χ3v) is 2.07. The second-order valence-electron chi connectivity index (χ2n) is 1.62. The van der Waals surface area contributed by atoms with E-state index in [1.165, 1.54) is 5.51 Å². The number of thiazole rings is 1. The molecule has 0 atom stereocenters. The Morgan fingerprint density at radius 3 is 2.83 bits per heavy atom. The summed E-state index contributed by atoms with van der Waals surface area (Å²) in [4.78, 5) is 13.8. The van der Waals surface area contributed by atoms with Crippen molar-refractivity contribution in [2.24, 2.45) is 4.36 Å². The van der Waals surface area contributed by atoms with Gasteiger partial charge < -0.3 is 5.11 Å². The van der Waals surface area contributed by atoms with Crippen LogP contribution >= 0.6 is 11.3 Å². The maximum Gasteiger partial charge on any atom is 0.357 e. The van der Waals surface area contributed by atoms with Crippen molar-refractivity contribution < 1.29 is 18.3 Å². The molecule has 6 nitrogen and oxygen atoms in total. The lowest BCUT2D eigenvalue weighted by atomic mass is 10.5. The average Bonchev–Trinajstić information content (AvgIpc) is 2.33. The van der Waals surface area contributed by atoms with E-state index >= 15 is 0 Å². The van der Waals surface area contributed by atoms with Crippen LogP contribution in [0.3, 0.4) is 0 Å². The SMILES string of the molecule is O=C(O)c1ncsc1N=S(=O)=O. The number of rotatable bonds is 2. The van der Waals surface area contributed by atoms with Crippen LogP contribution in [0.5, 0.6) is 0 Å². The van der Waals surface area contributed by atoms with Gasteiger partial charge in [0, 0.05) is 0 Å². The fourth-order valence-corrected chi connectivity index (χ4v) is 1.61. The molecule has 0 unspecified atom stereocenters. The number of carboxylic acid groups (broad SMARTS) is 1. The molecule has 12 heavy (non-hydrogen) atoms. The van der Waals surface area contributed by atoms with Gasteiger partial charge in [-0.25, -0.2) is 9.78 Å². The average molecular weight is 206 g/mol. The molecule has 1 N–H and O–H groups in total. The van der Waals surface area contributed by atoms with Gasteiger partial charge in [0.25, 0.3) is 0 Å². The second kappa shape index (κ2) is 3.41. The minimum Gasteiger partial charge on any atom is -0.476 e. The lowest BCUT2D eigenvalue weighted by Gasteiger charge is -1.84. The molecular weight excluding hydrogens is 204 g/mol. The van der Waals surface area contributed by atoms with Gasteiger partial charge in [0.2, 0.25) is 0 Å². The van der Waals surface area contributed by atoms with Crippen molar-refractivity contribution in [1.82, 2.24) is 4.98 Å². The highest BCUT2D eigenvalue weighted by Crippen LogP contribution is 2.23. The van der Waals surface area contributed by atoms with E-state index in [9.17, 15) is 13.2 Å². The lowest BCUT2D eigenvalue weighted by Crippen LogP contribution is -1.95. The number of hydrogen-bond donors (Lipinski definition) is 1. The van der Waals surface area contributed by atoms with Crippen molar-refractivity contribution in [3.8, 4) is 0 Å². The van der Waals surface area contributed by atoms with Gasteiger partial charge in [-0.3, -0.25) is 0 Å². The smallest absolute Gasteiger partial charge is 0.357 e. The fraction of sp³-hybridized carbons (Fsp3) is 0. The van der Waals surface area contributed by atoms with Crippen molar-refractivity contribution in [3.63, 3.8) is 0 Å². The zero-order valence-electron chi connectivity index (χ0n) is 5.46. The van der Waals surface area contributed by atoms with Crippen LogP contribution in [-0.4, -0.2) is 24.5 Å². The Bertz CT molecular complexity index is 424. The molecule has 0 saturated heterocycles. The first kappa shape index (κ1) is 8.81. The van der Waals surface area contributed by atoms with Crippen molar-refractivity contribution >= 4 is 32.8 Å². The number of aromatic carboxylic acids is 1. The number of nitrogens with zero attached hydrogens (tertiary/aromatic N) is 2. The highest BCUT2D eigenvalue weighted by Gasteiger charge is 2.12. The quantitative estimate of drug-likeness (QED) is 0.761. The Labute approximate surface area is 72.2 Å². The molecule has 0 spiro atoms. The minimum atomic E-state index is -2.64. The van der Waals surface area contributed by atoms with Crippen LogP contribution in [-0.2, 0) is 10.5 Å². The molecule has 1 heterocycles. The molecule has 8 heteroatoms. The first-order valence-corrected chi connectivity index (χ1v) is 4.50. The summed E-state index contributed by atoms with van der Waals surface area (Å²) in [5, 5.41) is 8.34. The molecule has 0 amide bonds. The largest absolute Gasteiger partial charge is 0.476 e. The number of hydrogen-bond acceptors (Lipinski definition) is 6. The van der Waals surface area contributed by atoms with Crippen LogP contribution in [0.4, 0.5) is 5.00 Å². The van der Waals surface area contributed by atoms with E-state index in [0.29, 0.717) is 0 Å². The summed E-state index contributed by atoms with van der Waals surface area (Å²) in [5.41, 5.74) is 0.874. The molecular formula is C4H2N2O4S2. The maximum absolute atomic E-state index is 10.3. The molecule has 0 aliphatic carbocycles. The van der Waals surface area contributed by atoms with Gasteiger partial charge in [0.15, 0.2) is 10.7 Å². The molecule has 1 aromatic rings. The normalized spacial score (nSPS) is 9.33. The highest BCUT2D eigenvalue weighted by molar-refractivity contribution is 7.62. The molecule has 1 aromatic heterocycles. The summed E-state index contributed by atoms with van der Waals surface area (Å²) in [5.74, 6) is -1.29. The van der Waals surface area contributed by atoms with Crippen molar-refractivity contribution in [2.75, 3.05) is 0 Å². The van der Waals surface area contributed by atoms with E-state index in [2.05, 4.69) is 9.35 Å². The predicted octanol–water partition coefficient (Wildman–Crippen LogP) is 0.536. The van der Waals surface area contributed by atoms with Gasteiger partial charge in [-0.15, -0.1) is 15.7 Å². The summed E-state index contributed by atoms with van der Waals surface area (Å²) in [6.07, 6.45) is 0. The summed E-state index contributed by atoms with van der Waals surface area (Å²) in [7, 11) is -2.64. The number of aromatic nitrogens is 1. The van der Waals surface area contributed by atoms with Gasteiger partial charge >= 0.3 is 16.5 Å². The standard InChI is InChI=1S/C4H2N2O4S2/c7-4(8)2-3(6-12(9)10)11-1-5-2/h1H,(H,7,8). The summed E-state index contributed by atoms with van der Waals surface area (Å²) in [6.45, 7) is 0. The first-order chi connectivity index (χ1) is 5.61. The first-order valence-electron chi connectivity index (χ1n) is 2.59. The molecule has 0 radical (unpaired) electrons. The Hall–Kier alpha value is -1.28. The molecule has 0 aromatic carbocycles. The van der Waals surface area contributed by atoms with Crippen LogP contribution in [0.15, 0.2) is 9.87 Å².